The molecule has 0 spiro atoms. The molecule has 2 aromatic carbocycles. The normalized spacial score (nSPS) is 14.4. The van der Waals surface area contributed by atoms with Crippen molar-refractivity contribution in [3.8, 4) is 11.5 Å². The number of nitrogens with one attached hydrogen (secondary N) is 2. The van der Waals surface area contributed by atoms with Crippen molar-refractivity contribution in [2.75, 3.05) is 20.3 Å². The molecule has 0 aromatic heterocycles. The molecule has 8 heteroatoms. The molecule has 28 heavy (non-hydrogen) atoms. The number of ether oxygens (including phenoxy) is 2. The van der Waals surface area contributed by atoms with Crippen molar-refractivity contribution in [3.05, 3.63) is 59.2 Å². The topological polar surface area (TPSA) is 54.9 Å². The summed E-state index contributed by atoms with van der Waals surface area (Å²) in [6.07, 6.45) is -3.48. The number of nitrogens with zero attached hydrogens (tertiary/aromatic N) is 1. The van der Waals surface area contributed by atoms with Gasteiger partial charge < -0.3 is 20.1 Å². The van der Waals surface area contributed by atoms with Crippen LogP contribution in [0.5, 0.6) is 11.5 Å². The second-order valence-corrected chi connectivity index (χ2v) is 6.31. The van der Waals surface area contributed by atoms with Crippen molar-refractivity contribution in [3.63, 3.8) is 0 Å². The summed E-state index contributed by atoms with van der Waals surface area (Å²) in [7, 11) is 1.63. The van der Waals surface area contributed by atoms with Crippen molar-refractivity contribution >= 4 is 5.96 Å². The molecule has 2 N–H and O–H groups in total. The van der Waals surface area contributed by atoms with Gasteiger partial charge in [0.25, 0.3) is 0 Å². The third-order valence-electron chi connectivity index (χ3n) is 4.24. The van der Waals surface area contributed by atoms with Gasteiger partial charge in [-0.15, -0.1) is 0 Å². The zero-order valence-corrected chi connectivity index (χ0v) is 15.5. The molecular formula is C20H22F3N3O2. The largest absolute Gasteiger partial charge is 0.490 e. The van der Waals surface area contributed by atoms with E-state index in [9.17, 15) is 13.2 Å². The summed E-state index contributed by atoms with van der Waals surface area (Å²) in [5, 5.41) is 6.26. The summed E-state index contributed by atoms with van der Waals surface area (Å²) >= 11 is 0. The number of alkyl halides is 3. The molecular weight excluding hydrogens is 371 g/mol. The summed E-state index contributed by atoms with van der Waals surface area (Å²) in [6.45, 7) is 2.15. The minimum absolute atomic E-state index is 0.360. The highest BCUT2D eigenvalue weighted by Gasteiger charge is 2.29. The van der Waals surface area contributed by atoms with E-state index < -0.39 is 11.7 Å². The molecule has 2 aromatic rings. The Morgan fingerprint density at radius 2 is 1.54 bits per heavy atom. The first kappa shape index (κ1) is 19.9. The number of fused-ring (bicyclic) bond motifs is 1. The van der Waals surface area contributed by atoms with Crippen LogP contribution in [0.4, 0.5) is 13.2 Å². The Kier molecular flexibility index (Phi) is 6.28. The van der Waals surface area contributed by atoms with Crippen molar-refractivity contribution < 1.29 is 22.6 Å². The first-order valence-electron chi connectivity index (χ1n) is 8.95. The van der Waals surface area contributed by atoms with E-state index in [1.54, 1.807) is 7.05 Å². The van der Waals surface area contributed by atoms with Crippen LogP contribution < -0.4 is 20.1 Å². The highest BCUT2D eigenvalue weighted by atomic mass is 19.4. The molecule has 0 atom stereocenters. The van der Waals surface area contributed by atoms with Crippen molar-refractivity contribution in [1.82, 2.24) is 10.6 Å². The van der Waals surface area contributed by atoms with Gasteiger partial charge in [0, 0.05) is 26.6 Å². The van der Waals surface area contributed by atoms with Gasteiger partial charge in [-0.05, 0) is 35.4 Å². The second kappa shape index (κ2) is 8.86. The summed E-state index contributed by atoms with van der Waals surface area (Å²) < 4.78 is 49.1. The molecule has 1 heterocycles. The number of guanidine groups is 1. The molecule has 3 rings (SSSR count). The van der Waals surface area contributed by atoms with Gasteiger partial charge in [-0.2, -0.15) is 13.2 Å². The molecule has 0 aliphatic carbocycles. The summed E-state index contributed by atoms with van der Waals surface area (Å²) in [5.74, 6) is 2.02. The Morgan fingerprint density at radius 1 is 0.929 bits per heavy atom. The van der Waals surface area contributed by atoms with Crippen molar-refractivity contribution in [2.24, 2.45) is 4.99 Å². The minimum Gasteiger partial charge on any atom is -0.490 e. The number of hydrogen-bond donors (Lipinski definition) is 2. The molecule has 0 saturated heterocycles. The number of hydrogen-bond acceptors (Lipinski definition) is 3. The van der Waals surface area contributed by atoms with Crippen molar-refractivity contribution in [1.29, 1.82) is 0 Å². The van der Waals surface area contributed by atoms with Crippen LogP contribution in [0.2, 0.25) is 0 Å². The Morgan fingerprint density at radius 3 is 2.18 bits per heavy atom. The number of halogens is 3. The van der Waals surface area contributed by atoms with E-state index in [1.807, 2.05) is 18.2 Å². The average molecular weight is 393 g/mol. The van der Waals surface area contributed by atoms with Crippen LogP contribution in [-0.2, 0) is 19.3 Å². The highest BCUT2D eigenvalue weighted by molar-refractivity contribution is 5.79. The minimum atomic E-state index is -4.33. The lowest BCUT2D eigenvalue weighted by Crippen LogP contribution is -2.36. The van der Waals surface area contributed by atoms with Gasteiger partial charge in [0.05, 0.1) is 18.8 Å². The molecule has 0 amide bonds. The van der Waals surface area contributed by atoms with E-state index in [0.29, 0.717) is 32.3 Å². The van der Waals surface area contributed by atoms with Gasteiger partial charge in [0.15, 0.2) is 17.5 Å². The second-order valence-electron chi connectivity index (χ2n) is 6.31. The molecule has 0 saturated carbocycles. The molecule has 0 fully saturated rings. The van der Waals surface area contributed by atoms with E-state index in [2.05, 4.69) is 15.6 Å². The van der Waals surface area contributed by atoms with Gasteiger partial charge >= 0.3 is 6.18 Å². The molecule has 0 unspecified atom stereocenters. The Hall–Kier alpha value is -2.90. The Balaban J connectivity index is 1.53. The maximum Gasteiger partial charge on any atom is 0.416 e. The third kappa shape index (κ3) is 5.31. The van der Waals surface area contributed by atoms with Gasteiger partial charge in [-0.1, -0.05) is 18.2 Å². The molecule has 0 bridgehead atoms. The molecule has 1 aliphatic heterocycles. The fourth-order valence-corrected chi connectivity index (χ4v) is 2.72. The zero-order valence-electron chi connectivity index (χ0n) is 15.5. The number of benzene rings is 2. The van der Waals surface area contributed by atoms with Crippen LogP contribution >= 0.6 is 0 Å². The smallest absolute Gasteiger partial charge is 0.416 e. The van der Waals surface area contributed by atoms with Crippen LogP contribution in [0.25, 0.3) is 0 Å². The third-order valence-corrected chi connectivity index (χ3v) is 4.24. The summed E-state index contributed by atoms with van der Waals surface area (Å²) in [6, 6.07) is 10.8. The van der Waals surface area contributed by atoms with Gasteiger partial charge in [0.2, 0.25) is 0 Å². The van der Waals surface area contributed by atoms with E-state index in [-0.39, 0.29) is 0 Å². The Bertz CT molecular complexity index is 820. The first-order valence-corrected chi connectivity index (χ1v) is 8.95. The summed E-state index contributed by atoms with van der Waals surface area (Å²) in [4.78, 5) is 4.14. The van der Waals surface area contributed by atoms with Crippen LogP contribution in [0.1, 0.15) is 23.1 Å². The van der Waals surface area contributed by atoms with Gasteiger partial charge in [0.1, 0.15) is 0 Å². The standard InChI is InChI=1S/C20H22F3N3O2/c1-24-19(25-12-14-3-6-16(7-4-14)20(21,22)23)26-13-15-5-8-17-18(11-15)28-10-2-9-27-17/h3-8,11H,2,9-10,12-13H2,1H3,(H2,24,25,26). The average Bonchev–Trinajstić information content (AvgIpc) is 2.92. The first-order chi connectivity index (χ1) is 13.5. The van der Waals surface area contributed by atoms with E-state index >= 15 is 0 Å². The molecule has 0 radical (unpaired) electrons. The van der Waals surface area contributed by atoms with Crippen LogP contribution in [-0.4, -0.2) is 26.2 Å². The summed E-state index contributed by atoms with van der Waals surface area (Å²) in [5.41, 5.74) is 1.07. The van der Waals surface area contributed by atoms with Crippen LogP contribution in [0.3, 0.4) is 0 Å². The SMILES string of the molecule is CN=C(NCc1ccc(C(F)(F)F)cc1)NCc1ccc2c(c1)OCCCO2. The fraction of sp³-hybridized carbons (Fsp3) is 0.350. The molecule has 1 aliphatic rings. The Labute approximate surface area is 161 Å². The lowest BCUT2D eigenvalue weighted by Gasteiger charge is -2.14. The quantitative estimate of drug-likeness (QED) is 0.614. The molecule has 150 valence electrons. The monoisotopic (exact) mass is 393 g/mol. The van der Waals surface area contributed by atoms with E-state index in [0.717, 1.165) is 41.2 Å². The van der Waals surface area contributed by atoms with E-state index in [1.165, 1.54) is 12.1 Å². The predicted octanol–water partition coefficient (Wildman–Crippen LogP) is 3.73. The van der Waals surface area contributed by atoms with Gasteiger partial charge in [-0.25, -0.2) is 0 Å². The molecule has 5 nitrogen and oxygen atoms in total. The lowest BCUT2D eigenvalue weighted by atomic mass is 10.1. The maximum atomic E-state index is 12.6. The van der Waals surface area contributed by atoms with Gasteiger partial charge in [-0.3, -0.25) is 4.99 Å². The maximum absolute atomic E-state index is 12.6. The predicted molar refractivity (Wildman–Crippen MR) is 101 cm³/mol. The van der Waals surface area contributed by atoms with E-state index in [4.69, 9.17) is 9.47 Å². The lowest BCUT2D eigenvalue weighted by molar-refractivity contribution is -0.137. The fourth-order valence-electron chi connectivity index (χ4n) is 2.72. The van der Waals surface area contributed by atoms with Crippen LogP contribution in [0, 0.1) is 0 Å². The van der Waals surface area contributed by atoms with Crippen LogP contribution in [0.15, 0.2) is 47.5 Å². The highest BCUT2D eigenvalue weighted by Crippen LogP contribution is 2.30. The van der Waals surface area contributed by atoms with Crippen molar-refractivity contribution in [2.45, 2.75) is 25.7 Å². The zero-order chi connectivity index (χ0) is 20.0. The number of rotatable bonds is 4. The number of aliphatic imine (C=N–C) groups is 1.